The number of ketones is 1. The molecule has 0 aliphatic carbocycles. The van der Waals surface area contributed by atoms with Crippen LogP contribution in [0.1, 0.15) is 27.4 Å². The minimum Gasteiger partial charge on any atom is -0.412 e. The first-order valence-corrected chi connectivity index (χ1v) is 9.96. The van der Waals surface area contributed by atoms with Gasteiger partial charge in [0, 0.05) is 34.9 Å². The smallest absolute Gasteiger partial charge is 0.289 e. The van der Waals surface area contributed by atoms with Crippen LogP contribution >= 0.6 is 11.6 Å². The molecule has 0 aliphatic heterocycles. The lowest BCUT2D eigenvalue weighted by Gasteiger charge is -2.06. The Kier molecular flexibility index (Phi) is 4.80. The van der Waals surface area contributed by atoms with Crippen LogP contribution in [0.5, 0.6) is 0 Å². The number of carbonyl (C=O) groups is 1. The SMILES string of the molecule is Cc1ccc2c(c1)c(C(=O)c1nnc(-c3cccnn3)o1)cn2Cc1ccc(Cl)cc1. The molecule has 0 radical (unpaired) electrons. The lowest BCUT2D eigenvalue weighted by molar-refractivity contribution is 0.100. The van der Waals surface area contributed by atoms with Gasteiger partial charge in [0.15, 0.2) is 0 Å². The number of nitrogens with zero attached hydrogens (tertiary/aromatic N) is 5. The molecule has 3 heterocycles. The minimum atomic E-state index is -0.340. The van der Waals surface area contributed by atoms with E-state index in [9.17, 15) is 4.79 Å². The summed E-state index contributed by atoms with van der Waals surface area (Å²) >= 11 is 6.00. The fraction of sp³-hybridized carbons (Fsp3) is 0.0870. The van der Waals surface area contributed by atoms with Gasteiger partial charge in [-0.2, -0.15) is 5.10 Å². The quantitative estimate of drug-likeness (QED) is 0.375. The van der Waals surface area contributed by atoms with Crippen LogP contribution in [0.25, 0.3) is 22.5 Å². The molecule has 5 aromatic rings. The van der Waals surface area contributed by atoms with Gasteiger partial charge in [0.05, 0.1) is 5.56 Å². The van der Waals surface area contributed by atoms with Gasteiger partial charge < -0.3 is 8.98 Å². The van der Waals surface area contributed by atoms with Crippen molar-refractivity contribution in [2.24, 2.45) is 0 Å². The third-order valence-electron chi connectivity index (χ3n) is 4.96. The van der Waals surface area contributed by atoms with E-state index in [0.29, 0.717) is 22.8 Å². The number of aromatic nitrogens is 5. The Balaban J connectivity index is 1.55. The lowest BCUT2D eigenvalue weighted by Crippen LogP contribution is -2.02. The zero-order valence-corrected chi connectivity index (χ0v) is 17.2. The van der Waals surface area contributed by atoms with Gasteiger partial charge in [0.2, 0.25) is 0 Å². The maximum Gasteiger partial charge on any atom is 0.289 e. The molecule has 0 bridgehead atoms. The zero-order chi connectivity index (χ0) is 21.4. The van der Waals surface area contributed by atoms with E-state index in [4.69, 9.17) is 16.0 Å². The van der Waals surface area contributed by atoms with E-state index in [0.717, 1.165) is 22.0 Å². The highest BCUT2D eigenvalue weighted by atomic mass is 35.5. The van der Waals surface area contributed by atoms with Gasteiger partial charge in [-0.3, -0.25) is 4.79 Å². The molecule has 0 N–H and O–H groups in total. The number of hydrogen-bond acceptors (Lipinski definition) is 6. The molecular weight excluding hydrogens is 414 g/mol. The summed E-state index contributed by atoms with van der Waals surface area (Å²) in [6.07, 6.45) is 3.37. The van der Waals surface area contributed by atoms with Gasteiger partial charge in [0.25, 0.3) is 17.6 Å². The first-order valence-electron chi connectivity index (χ1n) is 9.59. The monoisotopic (exact) mass is 429 g/mol. The van der Waals surface area contributed by atoms with Crippen LogP contribution in [0.4, 0.5) is 0 Å². The lowest BCUT2D eigenvalue weighted by atomic mass is 10.1. The number of fused-ring (bicyclic) bond motifs is 1. The van der Waals surface area contributed by atoms with Crippen LogP contribution < -0.4 is 0 Å². The molecule has 8 heteroatoms. The molecule has 0 amide bonds. The minimum absolute atomic E-state index is 0.0901. The van der Waals surface area contributed by atoms with Crippen molar-refractivity contribution in [3.05, 3.63) is 94.6 Å². The Hall–Kier alpha value is -3.84. The molecule has 0 saturated carbocycles. The van der Waals surface area contributed by atoms with Crippen LogP contribution in [0.2, 0.25) is 5.02 Å². The highest BCUT2D eigenvalue weighted by Gasteiger charge is 2.23. The molecule has 2 aromatic carbocycles. The largest absolute Gasteiger partial charge is 0.412 e. The third kappa shape index (κ3) is 3.71. The Bertz CT molecular complexity index is 1390. The number of hydrogen-bond donors (Lipinski definition) is 0. The average Bonchev–Trinajstić information content (AvgIpc) is 3.41. The second-order valence-electron chi connectivity index (χ2n) is 7.17. The van der Waals surface area contributed by atoms with E-state index < -0.39 is 0 Å². The molecule has 152 valence electrons. The molecule has 31 heavy (non-hydrogen) atoms. The van der Waals surface area contributed by atoms with E-state index in [1.54, 1.807) is 18.3 Å². The highest BCUT2D eigenvalue weighted by molar-refractivity contribution is 6.30. The topological polar surface area (TPSA) is 86.7 Å². The number of halogens is 1. The maximum atomic E-state index is 13.3. The van der Waals surface area contributed by atoms with E-state index in [1.165, 1.54) is 0 Å². The van der Waals surface area contributed by atoms with Crippen molar-refractivity contribution in [1.82, 2.24) is 25.0 Å². The highest BCUT2D eigenvalue weighted by Crippen LogP contribution is 2.27. The third-order valence-corrected chi connectivity index (χ3v) is 5.21. The first-order chi connectivity index (χ1) is 15.1. The van der Waals surface area contributed by atoms with Crippen LogP contribution in [-0.4, -0.2) is 30.7 Å². The molecule has 5 rings (SSSR count). The summed E-state index contributed by atoms with van der Waals surface area (Å²) in [6, 6.07) is 17.1. The van der Waals surface area contributed by atoms with Crippen LogP contribution in [0.15, 0.2) is 71.4 Å². The Labute approximate surface area is 182 Å². The van der Waals surface area contributed by atoms with E-state index in [-0.39, 0.29) is 17.6 Å². The standard InChI is InChI=1S/C23H16ClN5O2/c1-14-4-9-20-17(11-14)18(13-29(20)12-15-5-7-16(24)8-6-15)21(30)23-28-27-22(31-23)19-3-2-10-25-26-19/h2-11,13H,12H2,1H3. The van der Waals surface area contributed by atoms with Gasteiger partial charge >= 0.3 is 0 Å². The van der Waals surface area contributed by atoms with Crippen molar-refractivity contribution in [2.75, 3.05) is 0 Å². The van der Waals surface area contributed by atoms with E-state index in [1.807, 2.05) is 60.2 Å². The van der Waals surface area contributed by atoms with Gasteiger partial charge in [-0.05, 0) is 48.9 Å². The molecule has 7 nitrogen and oxygen atoms in total. The summed E-state index contributed by atoms with van der Waals surface area (Å²) in [5, 5.41) is 17.2. The number of benzene rings is 2. The average molecular weight is 430 g/mol. The molecule has 0 atom stereocenters. The summed E-state index contributed by atoms with van der Waals surface area (Å²) in [6.45, 7) is 2.59. The Morgan fingerprint density at radius 1 is 1.06 bits per heavy atom. The van der Waals surface area contributed by atoms with Crippen LogP contribution in [0, 0.1) is 6.92 Å². The van der Waals surface area contributed by atoms with Crippen molar-refractivity contribution in [1.29, 1.82) is 0 Å². The van der Waals surface area contributed by atoms with Crippen LogP contribution in [0.3, 0.4) is 0 Å². The fourth-order valence-corrected chi connectivity index (χ4v) is 3.58. The Morgan fingerprint density at radius 3 is 2.68 bits per heavy atom. The number of carbonyl (C=O) groups excluding carboxylic acids is 1. The summed E-state index contributed by atoms with van der Waals surface area (Å²) < 4.78 is 7.64. The molecule has 0 saturated heterocycles. The summed E-state index contributed by atoms with van der Waals surface area (Å²) in [5.74, 6) is -0.279. The van der Waals surface area contributed by atoms with E-state index in [2.05, 4.69) is 20.4 Å². The number of aryl methyl sites for hydroxylation is 1. The fourth-order valence-electron chi connectivity index (χ4n) is 3.46. The zero-order valence-electron chi connectivity index (χ0n) is 16.5. The van der Waals surface area contributed by atoms with Crippen molar-refractivity contribution in [3.63, 3.8) is 0 Å². The van der Waals surface area contributed by atoms with Gasteiger partial charge in [0.1, 0.15) is 5.69 Å². The molecule has 0 spiro atoms. The first kappa shape index (κ1) is 19.1. The van der Waals surface area contributed by atoms with Crippen molar-refractivity contribution in [3.8, 4) is 11.6 Å². The van der Waals surface area contributed by atoms with Gasteiger partial charge in [-0.25, -0.2) is 0 Å². The summed E-state index contributed by atoms with van der Waals surface area (Å²) in [5.41, 5.74) is 3.98. The molecule has 3 aromatic heterocycles. The second-order valence-corrected chi connectivity index (χ2v) is 7.60. The van der Waals surface area contributed by atoms with Crippen molar-refractivity contribution in [2.45, 2.75) is 13.5 Å². The molecule has 0 aliphatic rings. The van der Waals surface area contributed by atoms with Crippen molar-refractivity contribution < 1.29 is 9.21 Å². The van der Waals surface area contributed by atoms with Gasteiger partial charge in [-0.1, -0.05) is 35.4 Å². The second kappa shape index (κ2) is 7.77. The predicted octanol–water partition coefficient (Wildman–Crippen LogP) is 4.72. The predicted molar refractivity (Wildman–Crippen MR) is 116 cm³/mol. The molecule has 0 fully saturated rings. The van der Waals surface area contributed by atoms with Crippen LogP contribution in [-0.2, 0) is 6.54 Å². The maximum absolute atomic E-state index is 13.3. The van der Waals surface area contributed by atoms with Gasteiger partial charge in [-0.15, -0.1) is 15.3 Å². The summed E-state index contributed by atoms with van der Waals surface area (Å²) in [4.78, 5) is 13.3. The molecular formula is C23H16ClN5O2. The normalized spacial score (nSPS) is 11.2. The molecule has 0 unspecified atom stereocenters. The summed E-state index contributed by atoms with van der Waals surface area (Å²) in [7, 11) is 0. The van der Waals surface area contributed by atoms with E-state index >= 15 is 0 Å². The Morgan fingerprint density at radius 2 is 1.90 bits per heavy atom. The number of rotatable bonds is 5. The van der Waals surface area contributed by atoms with Crippen molar-refractivity contribution >= 4 is 28.3 Å².